The summed E-state index contributed by atoms with van der Waals surface area (Å²) in [5.74, 6) is -0.455. The Balaban J connectivity index is 2.55. The molecule has 2 rings (SSSR count). The normalized spacial score (nSPS) is 10.2. The molecule has 0 heterocycles. The highest BCUT2D eigenvalue weighted by Gasteiger charge is 2.11. The maximum Gasteiger partial charge on any atom is 0.409 e. The number of hydrogen-bond acceptors (Lipinski definition) is 3. The summed E-state index contributed by atoms with van der Waals surface area (Å²) >= 11 is 5.69. The Morgan fingerprint density at radius 1 is 1.26 bits per heavy atom. The van der Waals surface area contributed by atoms with Gasteiger partial charge in [-0.2, -0.15) is 0 Å². The Bertz CT molecular complexity index is 646. The molecule has 1 amide bonds. The molecule has 0 radical (unpaired) electrons. The number of phenols is 1. The van der Waals surface area contributed by atoms with E-state index in [-0.39, 0.29) is 16.5 Å². The van der Waals surface area contributed by atoms with E-state index in [2.05, 4.69) is 0 Å². The van der Waals surface area contributed by atoms with Gasteiger partial charge >= 0.3 is 6.09 Å². The summed E-state index contributed by atoms with van der Waals surface area (Å²) in [6, 6.07) is 8.07. The van der Waals surface area contributed by atoms with Crippen LogP contribution in [0.4, 0.5) is 9.18 Å². The molecule has 19 heavy (non-hydrogen) atoms. The van der Waals surface area contributed by atoms with Crippen molar-refractivity contribution in [3.63, 3.8) is 0 Å². The third-order valence-corrected chi connectivity index (χ3v) is 2.69. The number of phenolic OH excluding ortho intramolecular Hbond substituents is 1. The molecule has 0 saturated heterocycles. The van der Waals surface area contributed by atoms with Gasteiger partial charge in [0.15, 0.2) is 0 Å². The van der Waals surface area contributed by atoms with Gasteiger partial charge in [0.25, 0.3) is 0 Å². The number of carbonyl (C=O) groups is 1. The van der Waals surface area contributed by atoms with E-state index >= 15 is 0 Å². The molecule has 0 atom stereocenters. The first-order valence-corrected chi connectivity index (χ1v) is 5.61. The van der Waals surface area contributed by atoms with Crippen LogP contribution in [0.5, 0.6) is 11.5 Å². The lowest BCUT2D eigenvalue weighted by Gasteiger charge is -2.10. The van der Waals surface area contributed by atoms with Crippen LogP contribution in [-0.2, 0) is 0 Å². The maximum atomic E-state index is 13.1. The summed E-state index contributed by atoms with van der Waals surface area (Å²) in [6.45, 7) is 0. The molecule has 0 aliphatic heterocycles. The number of benzene rings is 2. The first kappa shape index (κ1) is 13.2. The van der Waals surface area contributed by atoms with Gasteiger partial charge in [0, 0.05) is 5.56 Å². The minimum absolute atomic E-state index is 0.0349. The zero-order chi connectivity index (χ0) is 14.0. The van der Waals surface area contributed by atoms with Crippen LogP contribution in [0.15, 0.2) is 36.4 Å². The summed E-state index contributed by atoms with van der Waals surface area (Å²) in [4.78, 5) is 10.8. The topological polar surface area (TPSA) is 72.6 Å². The average molecular weight is 282 g/mol. The zero-order valence-electron chi connectivity index (χ0n) is 9.56. The van der Waals surface area contributed by atoms with Gasteiger partial charge in [-0.25, -0.2) is 9.18 Å². The van der Waals surface area contributed by atoms with Gasteiger partial charge in [-0.3, -0.25) is 0 Å². The molecule has 2 aromatic rings. The monoisotopic (exact) mass is 281 g/mol. The fourth-order valence-electron chi connectivity index (χ4n) is 1.60. The highest BCUT2D eigenvalue weighted by atomic mass is 35.5. The lowest BCUT2D eigenvalue weighted by atomic mass is 10.0. The number of primary amides is 1. The number of amides is 1. The molecule has 98 valence electrons. The van der Waals surface area contributed by atoms with E-state index in [0.717, 1.165) is 0 Å². The van der Waals surface area contributed by atoms with Crippen molar-refractivity contribution < 1.29 is 19.0 Å². The van der Waals surface area contributed by atoms with Gasteiger partial charge in [-0.1, -0.05) is 17.7 Å². The SMILES string of the molecule is NC(=O)Oc1ccc(O)cc1-c1ccc(F)c(Cl)c1. The minimum atomic E-state index is -0.986. The third-order valence-electron chi connectivity index (χ3n) is 2.40. The van der Waals surface area contributed by atoms with Crippen LogP contribution < -0.4 is 10.5 Å². The number of ether oxygens (including phenoxy) is 1. The minimum Gasteiger partial charge on any atom is -0.508 e. The van der Waals surface area contributed by atoms with Crippen molar-refractivity contribution in [3.8, 4) is 22.6 Å². The van der Waals surface area contributed by atoms with Crippen molar-refractivity contribution in [2.45, 2.75) is 0 Å². The summed E-state index contributed by atoms with van der Waals surface area (Å²) in [5.41, 5.74) is 5.81. The van der Waals surface area contributed by atoms with Crippen LogP contribution in [0.1, 0.15) is 0 Å². The molecule has 0 aliphatic rings. The van der Waals surface area contributed by atoms with Crippen molar-refractivity contribution in [1.82, 2.24) is 0 Å². The van der Waals surface area contributed by atoms with E-state index in [9.17, 15) is 14.3 Å². The lowest BCUT2D eigenvalue weighted by Crippen LogP contribution is -2.16. The predicted octanol–water partition coefficient (Wildman–Crippen LogP) is 3.31. The first-order valence-electron chi connectivity index (χ1n) is 5.23. The van der Waals surface area contributed by atoms with Crippen LogP contribution in [0, 0.1) is 5.82 Å². The molecule has 0 saturated carbocycles. The molecule has 0 aromatic heterocycles. The number of nitrogens with two attached hydrogens (primary N) is 1. The second-order valence-electron chi connectivity index (χ2n) is 3.73. The van der Waals surface area contributed by atoms with Gasteiger partial charge in [0.05, 0.1) is 5.02 Å². The molecule has 2 aromatic carbocycles. The standard InChI is InChI=1S/C13H9ClFNO3/c14-10-5-7(1-3-11(10)15)9-6-8(17)2-4-12(9)19-13(16)18/h1-6,17H,(H2,16,18). The van der Waals surface area contributed by atoms with Gasteiger partial charge in [-0.05, 0) is 35.9 Å². The number of halogens is 2. The molecular weight excluding hydrogens is 273 g/mol. The Kier molecular flexibility index (Phi) is 3.57. The zero-order valence-corrected chi connectivity index (χ0v) is 10.3. The van der Waals surface area contributed by atoms with E-state index in [4.69, 9.17) is 22.1 Å². The second kappa shape index (κ2) is 5.16. The van der Waals surface area contributed by atoms with Crippen LogP contribution in [0.25, 0.3) is 11.1 Å². The lowest BCUT2D eigenvalue weighted by molar-refractivity contribution is 0.211. The van der Waals surface area contributed by atoms with Crippen LogP contribution in [0.2, 0.25) is 5.02 Å². The molecule has 0 fully saturated rings. The molecular formula is C13H9ClFNO3. The Morgan fingerprint density at radius 3 is 2.63 bits per heavy atom. The van der Waals surface area contributed by atoms with Crippen LogP contribution in [-0.4, -0.2) is 11.2 Å². The van der Waals surface area contributed by atoms with E-state index < -0.39 is 11.9 Å². The first-order chi connectivity index (χ1) is 8.97. The van der Waals surface area contributed by atoms with Crippen LogP contribution >= 0.6 is 11.6 Å². The van der Waals surface area contributed by atoms with E-state index in [1.807, 2.05) is 0 Å². The average Bonchev–Trinajstić information content (AvgIpc) is 2.34. The van der Waals surface area contributed by atoms with E-state index in [1.54, 1.807) is 0 Å². The Labute approximate surface area is 113 Å². The number of hydrogen-bond donors (Lipinski definition) is 2. The summed E-state index contributed by atoms with van der Waals surface area (Å²) in [5, 5.41) is 9.40. The molecule has 0 unspecified atom stereocenters. The highest BCUT2D eigenvalue weighted by molar-refractivity contribution is 6.31. The van der Waals surface area contributed by atoms with Crippen molar-refractivity contribution in [3.05, 3.63) is 47.2 Å². The quantitative estimate of drug-likeness (QED) is 0.887. The molecule has 0 bridgehead atoms. The largest absolute Gasteiger partial charge is 0.508 e. The van der Waals surface area contributed by atoms with E-state index in [0.29, 0.717) is 11.1 Å². The van der Waals surface area contributed by atoms with Gasteiger partial charge < -0.3 is 15.6 Å². The molecule has 0 aliphatic carbocycles. The molecule has 6 heteroatoms. The van der Waals surface area contributed by atoms with Gasteiger partial charge in [0.2, 0.25) is 0 Å². The fraction of sp³-hybridized carbons (Fsp3) is 0. The predicted molar refractivity (Wildman–Crippen MR) is 68.7 cm³/mol. The molecule has 3 N–H and O–H groups in total. The second-order valence-corrected chi connectivity index (χ2v) is 4.14. The van der Waals surface area contributed by atoms with Gasteiger partial charge in [-0.15, -0.1) is 0 Å². The Morgan fingerprint density at radius 2 is 2.00 bits per heavy atom. The number of aromatic hydroxyl groups is 1. The molecule has 4 nitrogen and oxygen atoms in total. The summed E-state index contributed by atoms with van der Waals surface area (Å²) in [6.07, 6.45) is -0.986. The Hall–Kier alpha value is -2.27. The fourth-order valence-corrected chi connectivity index (χ4v) is 1.79. The van der Waals surface area contributed by atoms with Gasteiger partial charge in [0.1, 0.15) is 17.3 Å². The van der Waals surface area contributed by atoms with Crippen molar-refractivity contribution in [2.75, 3.05) is 0 Å². The molecule has 0 spiro atoms. The number of carbonyl (C=O) groups excluding carboxylic acids is 1. The van der Waals surface area contributed by atoms with E-state index in [1.165, 1.54) is 36.4 Å². The highest BCUT2D eigenvalue weighted by Crippen LogP contribution is 2.34. The summed E-state index contributed by atoms with van der Waals surface area (Å²) in [7, 11) is 0. The van der Waals surface area contributed by atoms with Crippen molar-refractivity contribution >= 4 is 17.7 Å². The maximum absolute atomic E-state index is 13.1. The third kappa shape index (κ3) is 2.95. The van der Waals surface area contributed by atoms with Crippen molar-refractivity contribution in [2.24, 2.45) is 5.73 Å². The smallest absolute Gasteiger partial charge is 0.409 e. The van der Waals surface area contributed by atoms with Crippen LogP contribution in [0.3, 0.4) is 0 Å². The number of rotatable bonds is 2. The van der Waals surface area contributed by atoms with Crippen molar-refractivity contribution in [1.29, 1.82) is 0 Å². The summed E-state index contributed by atoms with van der Waals surface area (Å²) < 4.78 is 17.9.